The lowest BCUT2D eigenvalue weighted by atomic mass is 10.1. The summed E-state index contributed by atoms with van der Waals surface area (Å²) in [6, 6.07) is 7.29. The molecule has 0 saturated heterocycles. The molecule has 4 nitrogen and oxygen atoms in total. The zero-order valence-electron chi connectivity index (χ0n) is 9.81. The van der Waals surface area contributed by atoms with Crippen molar-refractivity contribution in [2.75, 3.05) is 12.3 Å². The van der Waals surface area contributed by atoms with Crippen molar-refractivity contribution >= 4 is 21.6 Å². The van der Waals surface area contributed by atoms with Crippen LogP contribution in [0, 0.1) is 0 Å². The lowest BCUT2D eigenvalue weighted by Crippen LogP contribution is -2.34. The van der Waals surface area contributed by atoms with Gasteiger partial charge in [-0.05, 0) is 25.0 Å². The zero-order valence-corrected chi connectivity index (χ0v) is 11.4. The number of para-hydroxylation sites is 1. The van der Waals surface area contributed by atoms with Crippen LogP contribution in [0.4, 0.5) is 0 Å². The summed E-state index contributed by atoms with van der Waals surface area (Å²) in [7, 11) is -1.79. The second-order valence-corrected chi connectivity index (χ2v) is 6.10. The van der Waals surface area contributed by atoms with E-state index in [1.54, 1.807) is 14.0 Å². The Balaban J connectivity index is 2.71. The van der Waals surface area contributed by atoms with Crippen LogP contribution in [0.15, 0.2) is 24.3 Å². The highest BCUT2D eigenvalue weighted by Gasteiger charge is 2.14. The second-order valence-electron chi connectivity index (χ2n) is 3.76. The molecule has 0 saturated carbocycles. The highest BCUT2D eigenvalue weighted by molar-refractivity contribution is 7.90. The van der Waals surface area contributed by atoms with Crippen molar-refractivity contribution in [3.63, 3.8) is 0 Å². The Labute approximate surface area is 107 Å². The number of methoxy groups -OCH3 is 1. The van der Waals surface area contributed by atoms with Crippen LogP contribution in [0.25, 0.3) is 0 Å². The minimum Gasteiger partial charge on any atom is -0.496 e. The molecule has 1 N–H and O–H groups in total. The quantitative estimate of drug-likeness (QED) is 0.806. The van der Waals surface area contributed by atoms with E-state index in [4.69, 9.17) is 16.3 Å². The zero-order chi connectivity index (χ0) is 12.9. The number of hydrogen-bond acceptors (Lipinski definition) is 3. The molecule has 17 heavy (non-hydrogen) atoms. The number of benzene rings is 1. The molecule has 0 aliphatic heterocycles. The van der Waals surface area contributed by atoms with Gasteiger partial charge in [-0.25, -0.2) is 13.1 Å². The first kappa shape index (κ1) is 14.3. The van der Waals surface area contributed by atoms with Gasteiger partial charge in [-0.3, -0.25) is 0 Å². The number of halogens is 1. The lowest BCUT2D eigenvalue weighted by Gasteiger charge is -2.15. The number of alkyl halides is 1. The molecule has 0 aliphatic carbocycles. The Morgan fingerprint density at radius 1 is 1.41 bits per heavy atom. The van der Waals surface area contributed by atoms with E-state index in [9.17, 15) is 8.42 Å². The molecule has 0 bridgehead atoms. The van der Waals surface area contributed by atoms with Crippen molar-refractivity contribution in [3.8, 4) is 5.75 Å². The first-order chi connectivity index (χ1) is 7.98. The average molecular weight is 278 g/mol. The molecule has 0 fully saturated rings. The number of rotatable bonds is 6. The maximum absolute atomic E-state index is 11.3. The number of ether oxygens (including phenoxy) is 1. The molecule has 96 valence electrons. The van der Waals surface area contributed by atoms with Crippen LogP contribution in [0.1, 0.15) is 12.5 Å². The maximum atomic E-state index is 11.3. The molecule has 1 unspecified atom stereocenters. The first-order valence-electron chi connectivity index (χ1n) is 5.16. The average Bonchev–Trinajstić information content (AvgIpc) is 2.29. The van der Waals surface area contributed by atoms with Gasteiger partial charge in [-0.2, -0.15) is 0 Å². The van der Waals surface area contributed by atoms with E-state index in [0.29, 0.717) is 6.42 Å². The van der Waals surface area contributed by atoms with E-state index in [1.807, 2.05) is 24.3 Å². The van der Waals surface area contributed by atoms with Crippen molar-refractivity contribution < 1.29 is 13.2 Å². The van der Waals surface area contributed by atoms with E-state index < -0.39 is 15.2 Å². The van der Waals surface area contributed by atoms with E-state index in [-0.39, 0.29) is 6.04 Å². The van der Waals surface area contributed by atoms with Crippen LogP contribution in [0.5, 0.6) is 5.75 Å². The van der Waals surface area contributed by atoms with Crippen LogP contribution < -0.4 is 9.46 Å². The predicted molar refractivity (Wildman–Crippen MR) is 68.9 cm³/mol. The minimum atomic E-state index is -3.38. The summed E-state index contributed by atoms with van der Waals surface area (Å²) < 4.78 is 30.2. The third-order valence-corrected chi connectivity index (χ3v) is 4.15. The first-order valence-corrected chi connectivity index (χ1v) is 7.35. The van der Waals surface area contributed by atoms with Crippen LogP contribution >= 0.6 is 11.6 Å². The Morgan fingerprint density at radius 3 is 2.65 bits per heavy atom. The van der Waals surface area contributed by atoms with E-state index in [2.05, 4.69) is 4.72 Å². The Hall–Kier alpha value is -0.780. The molecule has 0 aromatic heterocycles. The maximum Gasteiger partial charge on any atom is 0.225 e. The third kappa shape index (κ3) is 4.53. The van der Waals surface area contributed by atoms with Crippen molar-refractivity contribution in [2.24, 2.45) is 0 Å². The summed E-state index contributed by atoms with van der Waals surface area (Å²) in [5.41, 5.74) is 0.958. The summed E-state index contributed by atoms with van der Waals surface area (Å²) in [5, 5.41) is -0.427. The molecule has 1 aromatic carbocycles. The summed E-state index contributed by atoms with van der Waals surface area (Å²) in [6.07, 6.45) is 0.556. The standard InChI is InChI=1S/C11H16ClNO3S/c1-9(13-17(14,15)8-12)7-10-5-3-4-6-11(10)16-2/h3-6,9,13H,7-8H2,1-2H3. The van der Waals surface area contributed by atoms with Gasteiger partial charge in [0, 0.05) is 6.04 Å². The monoisotopic (exact) mass is 277 g/mol. The molecule has 0 spiro atoms. The molecule has 0 heterocycles. The SMILES string of the molecule is COc1ccccc1CC(C)NS(=O)(=O)CCl. The van der Waals surface area contributed by atoms with Crippen LogP contribution in [-0.2, 0) is 16.4 Å². The predicted octanol–water partition coefficient (Wildman–Crippen LogP) is 1.74. The Morgan fingerprint density at radius 2 is 2.06 bits per heavy atom. The van der Waals surface area contributed by atoms with Crippen LogP contribution in [0.2, 0.25) is 0 Å². The molecule has 1 aromatic rings. The van der Waals surface area contributed by atoms with Gasteiger partial charge in [-0.15, -0.1) is 11.6 Å². The van der Waals surface area contributed by atoms with E-state index in [1.165, 1.54) is 0 Å². The molecule has 0 radical (unpaired) electrons. The van der Waals surface area contributed by atoms with E-state index in [0.717, 1.165) is 11.3 Å². The molecular weight excluding hydrogens is 262 g/mol. The summed E-state index contributed by atoms with van der Waals surface area (Å²) in [5.74, 6) is 0.754. The van der Waals surface area contributed by atoms with Gasteiger partial charge < -0.3 is 4.74 Å². The van der Waals surface area contributed by atoms with E-state index >= 15 is 0 Å². The van der Waals surface area contributed by atoms with Gasteiger partial charge >= 0.3 is 0 Å². The molecule has 0 aliphatic rings. The van der Waals surface area contributed by atoms with Gasteiger partial charge in [0.15, 0.2) is 0 Å². The summed E-state index contributed by atoms with van der Waals surface area (Å²) in [4.78, 5) is 0. The van der Waals surface area contributed by atoms with Crippen molar-refractivity contribution in [1.82, 2.24) is 4.72 Å². The molecule has 1 atom stereocenters. The van der Waals surface area contributed by atoms with Gasteiger partial charge in [-0.1, -0.05) is 18.2 Å². The van der Waals surface area contributed by atoms with Gasteiger partial charge in [0.05, 0.1) is 7.11 Å². The summed E-state index contributed by atoms with van der Waals surface area (Å²) >= 11 is 5.32. The molecular formula is C11H16ClNO3S. The molecule has 1 rings (SSSR count). The van der Waals surface area contributed by atoms with Gasteiger partial charge in [0.2, 0.25) is 10.0 Å². The van der Waals surface area contributed by atoms with Crippen LogP contribution in [0.3, 0.4) is 0 Å². The van der Waals surface area contributed by atoms with Gasteiger partial charge in [0.25, 0.3) is 0 Å². The van der Waals surface area contributed by atoms with Crippen molar-refractivity contribution in [3.05, 3.63) is 29.8 Å². The Kier molecular flexibility index (Phi) is 5.24. The highest BCUT2D eigenvalue weighted by atomic mass is 35.5. The van der Waals surface area contributed by atoms with Crippen molar-refractivity contribution in [2.45, 2.75) is 19.4 Å². The Bertz CT molecular complexity index is 462. The normalized spacial score (nSPS) is 13.4. The fraction of sp³-hybridized carbons (Fsp3) is 0.455. The van der Waals surface area contributed by atoms with Gasteiger partial charge in [0.1, 0.15) is 11.0 Å². The minimum absolute atomic E-state index is 0.227. The highest BCUT2D eigenvalue weighted by Crippen LogP contribution is 2.18. The van der Waals surface area contributed by atoms with Crippen LogP contribution in [-0.4, -0.2) is 26.8 Å². The third-order valence-electron chi connectivity index (χ3n) is 2.24. The lowest BCUT2D eigenvalue weighted by molar-refractivity contribution is 0.407. The fourth-order valence-corrected chi connectivity index (χ4v) is 2.53. The number of sulfonamides is 1. The largest absolute Gasteiger partial charge is 0.496 e. The number of hydrogen-bond donors (Lipinski definition) is 1. The molecule has 0 amide bonds. The fourth-order valence-electron chi connectivity index (χ4n) is 1.58. The van der Waals surface area contributed by atoms with Crippen molar-refractivity contribution in [1.29, 1.82) is 0 Å². The second kappa shape index (κ2) is 6.23. The topological polar surface area (TPSA) is 55.4 Å². The molecule has 6 heteroatoms. The number of nitrogens with one attached hydrogen (secondary N) is 1. The smallest absolute Gasteiger partial charge is 0.225 e. The summed E-state index contributed by atoms with van der Waals surface area (Å²) in [6.45, 7) is 1.79.